The molecule has 216 valence electrons. The molecule has 2 aliphatic carbocycles. The Balaban J connectivity index is 1.35. The van der Waals surface area contributed by atoms with Crippen LogP contribution in [0.1, 0.15) is 41.5 Å². The van der Waals surface area contributed by atoms with Crippen LogP contribution in [-0.2, 0) is 22.8 Å². The summed E-state index contributed by atoms with van der Waals surface area (Å²) in [4.78, 5) is 19.5. The van der Waals surface area contributed by atoms with Crippen molar-refractivity contribution in [3.05, 3.63) is 65.2 Å². The average Bonchev–Trinajstić information content (AvgIpc) is 3.28. The number of nitrogens with zero attached hydrogens (tertiary/aromatic N) is 3. The van der Waals surface area contributed by atoms with E-state index in [1.807, 2.05) is 25.1 Å². The number of hydrogen-bond acceptors (Lipinski definition) is 5. The molecular formula is C32H34F3N3O3. The predicted octanol–water partition coefficient (Wildman–Crippen LogP) is 4.58. The Bertz CT molecular complexity index is 1460. The number of benzene rings is 2. The second kappa shape index (κ2) is 9.73. The first-order valence-corrected chi connectivity index (χ1v) is 14.0. The number of carbonyl (C=O) groups is 1. The van der Waals surface area contributed by atoms with Crippen molar-refractivity contribution in [3.63, 3.8) is 0 Å². The number of phenols is 1. The number of alkyl halides is 3. The van der Waals surface area contributed by atoms with Crippen LogP contribution in [0, 0.1) is 17.8 Å². The molecule has 1 N–H and O–H groups in total. The molecule has 0 radical (unpaired) electrons. The van der Waals surface area contributed by atoms with Gasteiger partial charge in [-0.2, -0.15) is 13.2 Å². The molecular weight excluding hydrogens is 531 g/mol. The zero-order valence-corrected chi connectivity index (χ0v) is 23.5. The maximum atomic E-state index is 13.3. The van der Waals surface area contributed by atoms with Crippen LogP contribution >= 0.6 is 0 Å². The molecule has 1 saturated heterocycles. The molecule has 2 fully saturated rings. The molecule has 2 aromatic carbocycles. The fourth-order valence-electron chi connectivity index (χ4n) is 7.96. The summed E-state index contributed by atoms with van der Waals surface area (Å²) in [6.07, 6.45) is 0.528. The van der Waals surface area contributed by atoms with Gasteiger partial charge in [-0.25, -0.2) is 0 Å². The number of piperidine rings is 1. The van der Waals surface area contributed by atoms with Gasteiger partial charge in [0.15, 0.2) is 11.5 Å². The van der Waals surface area contributed by atoms with Gasteiger partial charge >= 0.3 is 6.18 Å². The third-order valence-corrected chi connectivity index (χ3v) is 9.70. The molecule has 41 heavy (non-hydrogen) atoms. The highest BCUT2D eigenvalue weighted by Crippen LogP contribution is 2.65. The number of aromatic hydroxyl groups is 1. The Morgan fingerprint density at radius 1 is 1.24 bits per heavy atom. The molecule has 1 amide bonds. The first kappa shape index (κ1) is 27.5. The summed E-state index contributed by atoms with van der Waals surface area (Å²) in [7, 11) is 5.69. The zero-order chi connectivity index (χ0) is 29.3. The van der Waals surface area contributed by atoms with Gasteiger partial charge in [-0.15, -0.1) is 6.58 Å². The van der Waals surface area contributed by atoms with Gasteiger partial charge in [-0.3, -0.25) is 9.69 Å². The van der Waals surface area contributed by atoms with Gasteiger partial charge in [0.05, 0.1) is 11.6 Å². The third-order valence-electron chi connectivity index (χ3n) is 9.70. The van der Waals surface area contributed by atoms with E-state index in [1.165, 1.54) is 17.7 Å². The normalized spacial score (nSPS) is 27.7. The molecule has 1 spiro atoms. The number of anilines is 1. The lowest BCUT2D eigenvalue weighted by Gasteiger charge is -2.60. The monoisotopic (exact) mass is 565 g/mol. The Kier molecular flexibility index (Phi) is 6.53. The second-order valence-corrected chi connectivity index (χ2v) is 11.9. The number of hydrogen-bond donors (Lipinski definition) is 1. The van der Waals surface area contributed by atoms with Crippen LogP contribution in [0.25, 0.3) is 0 Å². The molecule has 0 aromatic heterocycles. The topological polar surface area (TPSA) is 56.2 Å². The Hall–Kier alpha value is -3.64. The number of halogens is 3. The molecule has 2 bridgehead atoms. The molecule has 9 heteroatoms. The summed E-state index contributed by atoms with van der Waals surface area (Å²) in [6.45, 7) is 5.66. The number of ether oxygens (including phenoxy) is 1. The fraction of sp³-hybridized carbons (Fsp3) is 0.469. The van der Waals surface area contributed by atoms with Crippen molar-refractivity contribution in [1.82, 2.24) is 9.80 Å². The summed E-state index contributed by atoms with van der Waals surface area (Å²) >= 11 is 0. The highest BCUT2D eigenvalue weighted by atomic mass is 19.4. The van der Waals surface area contributed by atoms with Crippen LogP contribution in [0.2, 0.25) is 0 Å². The van der Waals surface area contributed by atoms with Crippen molar-refractivity contribution in [2.75, 3.05) is 39.1 Å². The molecule has 5 atom stereocenters. The minimum atomic E-state index is -4.43. The van der Waals surface area contributed by atoms with E-state index < -0.39 is 17.6 Å². The van der Waals surface area contributed by atoms with Gasteiger partial charge in [0.25, 0.3) is 5.91 Å². The van der Waals surface area contributed by atoms with Crippen LogP contribution in [-0.4, -0.2) is 73.2 Å². The second-order valence-electron chi connectivity index (χ2n) is 11.9. The largest absolute Gasteiger partial charge is 0.504 e. The van der Waals surface area contributed by atoms with Crippen molar-refractivity contribution in [2.24, 2.45) is 5.92 Å². The van der Waals surface area contributed by atoms with E-state index in [4.69, 9.17) is 4.74 Å². The molecule has 1 saturated carbocycles. The van der Waals surface area contributed by atoms with Gasteiger partial charge in [-0.1, -0.05) is 12.0 Å². The standard InChI is InChI=1S/C32H34F3N3O3/c1-5-15-38-16-14-31-22-11-12-23(37(4)27(40)13-8-19-6-9-20(10-7-19)32(33,34)35)30(31)41-29-26(39)18-24(36(2)3)21(28(29)31)17-25(22)38/h5-7,9-10,18,22-23,25,30,39H,1,11-12,14-17H2,2-4H3/t22-,23+,25+,30-,31-/m0/s1. The number of likely N-dealkylation sites (N-methyl/N-ethyl adjacent to an activating group) is 1. The van der Waals surface area contributed by atoms with Crippen LogP contribution < -0.4 is 9.64 Å². The summed E-state index contributed by atoms with van der Waals surface area (Å²) in [5.74, 6) is 5.91. The fourth-order valence-corrected chi connectivity index (χ4v) is 7.96. The summed E-state index contributed by atoms with van der Waals surface area (Å²) in [5, 5.41) is 11.1. The van der Waals surface area contributed by atoms with Gasteiger partial charge in [0.2, 0.25) is 0 Å². The first-order chi connectivity index (χ1) is 19.5. The lowest BCUT2D eigenvalue weighted by atomic mass is 9.50. The highest BCUT2D eigenvalue weighted by molar-refractivity contribution is 5.94. The molecule has 2 aromatic rings. The quantitative estimate of drug-likeness (QED) is 0.435. The van der Waals surface area contributed by atoms with Gasteiger partial charge in [-0.05, 0) is 68.0 Å². The number of carbonyl (C=O) groups excluding carboxylic acids is 1. The van der Waals surface area contributed by atoms with Gasteiger partial charge in [0, 0.05) is 67.9 Å². The molecule has 6 nitrogen and oxygen atoms in total. The maximum absolute atomic E-state index is 13.3. The molecule has 0 unspecified atom stereocenters. The van der Waals surface area contributed by atoms with E-state index in [0.29, 0.717) is 23.3 Å². The minimum absolute atomic E-state index is 0.122. The Labute approximate surface area is 238 Å². The predicted molar refractivity (Wildman–Crippen MR) is 150 cm³/mol. The summed E-state index contributed by atoms with van der Waals surface area (Å²) < 4.78 is 45.4. The van der Waals surface area contributed by atoms with E-state index in [0.717, 1.165) is 62.2 Å². The zero-order valence-electron chi connectivity index (χ0n) is 23.5. The van der Waals surface area contributed by atoms with Crippen LogP contribution in [0.15, 0.2) is 43.0 Å². The molecule has 2 heterocycles. The molecule has 6 rings (SSSR count). The van der Waals surface area contributed by atoms with Crippen molar-refractivity contribution in [1.29, 1.82) is 0 Å². The van der Waals surface area contributed by atoms with Crippen LogP contribution in [0.4, 0.5) is 18.9 Å². The number of likely N-dealkylation sites (tertiary alicyclic amines) is 1. The minimum Gasteiger partial charge on any atom is -0.504 e. The van der Waals surface area contributed by atoms with Crippen molar-refractivity contribution in [2.45, 2.75) is 55.5 Å². The van der Waals surface area contributed by atoms with Crippen molar-refractivity contribution >= 4 is 11.6 Å². The Morgan fingerprint density at radius 3 is 2.63 bits per heavy atom. The lowest BCUT2D eigenvalue weighted by Crippen LogP contribution is -2.68. The van der Waals surface area contributed by atoms with Gasteiger partial charge < -0.3 is 19.6 Å². The van der Waals surface area contributed by atoms with Crippen molar-refractivity contribution in [3.8, 4) is 23.3 Å². The number of amides is 1. The first-order valence-electron chi connectivity index (χ1n) is 14.0. The van der Waals surface area contributed by atoms with Crippen LogP contribution in [0.5, 0.6) is 11.5 Å². The van der Waals surface area contributed by atoms with Gasteiger partial charge in [0.1, 0.15) is 6.10 Å². The number of phenolic OH excluding ortho intramolecular Hbond substituents is 1. The molecule has 2 aliphatic heterocycles. The molecule has 4 aliphatic rings. The van der Waals surface area contributed by atoms with Crippen LogP contribution in [0.3, 0.4) is 0 Å². The third kappa shape index (κ3) is 4.18. The summed E-state index contributed by atoms with van der Waals surface area (Å²) in [6, 6.07) is 6.30. The van der Waals surface area contributed by atoms with E-state index in [2.05, 4.69) is 23.3 Å². The Morgan fingerprint density at radius 2 is 1.98 bits per heavy atom. The van der Waals surface area contributed by atoms with E-state index in [9.17, 15) is 23.1 Å². The highest BCUT2D eigenvalue weighted by Gasteiger charge is 2.66. The maximum Gasteiger partial charge on any atom is 0.416 e. The lowest BCUT2D eigenvalue weighted by molar-refractivity contribution is -0.137. The van der Waals surface area contributed by atoms with E-state index in [1.54, 1.807) is 18.0 Å². The SMILES string of the molecule is C=CCN1CC[C@]23c4c5c(N(C)C)cc(O)c4O[C@H]2[C@H](N(C)C(=O)C#Cc2ccc(C(F)(F)F)cc2)CC[C@H]3[C@H]1C5. The average molecular weight is 566 g/mol. The van der Waals surface area contributed by atoms with E-state index >= 15 is 0 Å². The van der Waals surface area contributed by atoms with E-state index in [-0.39, 0.29) is 23.3 Å². The summed E-state index contributed by atoms with van der Waals surface area (Å²) in [5.41, 5.74) is 2.53. The smallest absolute Gasteiger partial charge is 0.416 e. The number of rotatable bonds is 4. The van der Waals surface area contributed by atoms with Crippen molar-refractivity contribution < 1.29 is 27.8 Å².